The largest absolute Gasteiger partial charge is 0.496 e. The van der Waals surface area contributed by atoms with E-state index in [2.05, 4.69) is 5.32 Å². The van der Waals surface area contributed by atoms with Gasteiger partial charge in [0, 0.05) is 32.5 Å². The van der Waals surface area contributed by atoms with Crippen LogP contribution < -0.4 is 10.1 Å². The van der Waals surface area contributed by atoms with Crippen LogP contribution in [0, 0.1) is 0 Å². The first kappa shape index (κ1) is 16.3. The Morgan fingerprint density at radius 1 is 1.27 bits per heavy atom. The van der Waals surface area contributed by atoms with Crippen LogP contribution in [0.5, 0.6) is 5.75 Å². The van der Waals surface area contributed by atoms with Gasteiger partial charge in [0.1, 0.15) is 5.75 Å². The van der Waals surface area contributed by atoms with Crippen LogP contribution >= 0.6 is 0 Å². The molecule has 22 heavy (non-hydrogen) atoms. The van der Waals surface area contributed by atoms with Crippen molar-refractivity contribution in [1.29, 1.82) is 0 Å². The van der Waals surface area contributed by atoms with Crippen molar-refractivity contribution in [2.45, 2.75) is 38.6 Å². The number of aryl methyl sites for hydroxylation is 1. The Kier molecular flexibility index (Phi) is 5.81. The molecule has 1 heterocycles. The van der Waals surface area contributed by atoms with E-state index in [1.807, 2.05) is 29.2 Å². The number of nitrogens with zero attached hydrogens (tertiary/aromatic N) is 1. The maximum atomic E-state index is 12.1. The highest BCUT2D eigenvalue weighted by atomic mass is 16.5. The van der Waals surface area contributed by atoms with E-state index in [4.69, 9.17) is 4.74 Å². The number of piperidine rings is 1. The molecule has 5 heteroatoms. The molecule has 0 aliphatic carbocycles. The third kappa shape index (κ3) is 4.48. The number of rotatable bonds is 5. The molecule has 0 unspecified atom stereocenters. The number of carbonyl (C=O) groups excluding carboxylic acids is 2. The summed E-state index contributed by atoms with van der Waals surface area (Å²) >= 11 is 0. The van der Waals surface area contributed by atoms with Crippen molar-refractivity contribution in [3.63, 3.8) is 0 Å². The molecule has 1 aliphatic heterocycles. The summed E-state index contributed by atoms with van der Waals surface area (Å²) in [6, 6.07) is 7.95. The fraction of sp³-hybridized carbons (Fsp3) is 0.529. The van der Waals surface area contributed by atoms with Crippen LogP contribution in [0.15, 0.2) is 24.3 Å². The van der Waals surface area contributed by atoms with Gasteiger partial charge in [0.25, 0.3) is 0 Å². The average molecular weight is 304 g/mol. The molecule has 1 fully saturated rings. The zero-order valence-corrected chi connectivity index (χ0v) is 13.3. The number of ether oxygens (including phenoxy) is 1. The fourth-order valence-electron chi connectivity index (χ4n) is 2.80. The molecule has 2 rings (SSSR count). The van der Waals surface area contributed by atoms with Gasteiger partial charge in [-0.15, -0.1) is 0 Å². The first-order valence-electron chi connectivity index (χ1n) is 7.77. The lowest BCUT2D eigenvalue weighted by atomic mass is 10.0. The highest BCUT2D eigenvalue weighted by Gasteiger charge is 2.21. The Hall–Kier alpha value is -2.04. The van der Waals surface area contributed by atoms with Gasteiger partial charge in [-0.2, -0.15) is 0 Å². The summed E-state index contributed by atoms with van der Waals surface area (Å²) in [5, 5.41) is 3.07. The van der Waals surface area contributed by atoms with Crippen molar-refractivity contribution in [2.75, 3.05) is 20.2 Å². The normalized spacial score (nSPS) is 15.5. The molecule has 0 spiro atoms. The summed E-state index contributed by atoms with van der Waals surface area (Å²) in [6.45, 7) is 3.05. The first-order chi connectivity index (χ1) is 10.6. The lowest BCUT2D eigenvalue weighted by molar-refractivity contribution is -0.130. The quantitative estimate of drug-likeness (QED) is 0.901. The van der Waals surface area contributed by atoms with Crippen molar-refractivity contribution in [2.24, 2.45) is 0 Å². The average Bonchev–Trinajstić information content (AvgIpc) is 2.53. The van der Waals surface area contributed by atoms with Gasteiger partial charge in [-0.25, -0.2) is 0 Å². The van der Waals surface area contributed by atoms with Gasteiger partial charge in [-0.3, -0.25) is 9.59 Å². The van der Waals surface area contributed by atoms with E-state index in [1.54, 1.807) is 14.0 Å². The molecule has 1 N–H and O–H groups in total. The zero-order chi connectivity index (χ0) is 15.9. The lowest BCUT2D eigenvalue weighted by Crippen LogP contribution is -2.46. The predicted molar refractivity (Wildman–Crippen MR) is 84.7 cm³/mol. The second-order valence-corrected chi connectivity index (χ2v) is 5.66. The van der Waals surface area contributed by atoms with Crippen LogP contribution in [0.3, 0.4) is 0 Å². The Balaban J connectivity index is 1.76. The van der Waals surface area contributed by atoms with E-state index in [0.29, 0.717) is 12.8 Å². The monoisotopic (exact) mass is 304 g/mol. The Bertz CT molecular complexity index is 522. The summed E-state index contributed by atoms with van der Waals surface area (Å²) in [5.41, 5.74) is 1.05. The number of nitrogens with one attached hydrogen (secondary N) is 1. The van der Waals surface area contributed by atoms with Crippen LogP contribution in [0.4, 0.5) is 0 Å². The number of benzene rings is 1. The van der Waals surface area contributed by atoms with Gasteiger partial charge < -0.3 is 15.0 Å². The van der Waals surface area contributed by atoms with Crippen molar-refractivity contribution in [3.05, 3.63) is 29.8 Å². The summed E-state index contributed by atoms with van der Waals surface area (Å²) in [7, 11) is 1.64. The number of amides is 2. The maximum absolute atomic E-state index is 12.1. The molecular formula is C17H24N2O3. The van der Waals surface area contributed by atoms with Gasteiger partial charge in [0.15, 0.2) is 0 Å². The van der Waals surface area contributed by atoms with Gasteiger partial charge in [-0.1, -0.05) is 18.2 Å². The molecular weight excluding hydrogens is 280 g/mol. The first-order valence-corrected chi connectivity index (χ1v) is 7.77. The molecule has 0 aromatic heterocycles. The van der Waals surface area contributed by atoms with Gasteiger partial charge in [-0.05, 0) is 30.9 Å². The predicted octanol–water partition coefficient (Wildman–Crippen LogP) is 1.75. The summed E-state index contributed by atoms with van der Waals surface area (Å²) in [4.78, 5) is 25.2. The number of methoxy groups -OCH3 is 1. The highest BCUT2D eigenvalue weighted by Crippen LogP contribution is 2.19. The van der Waals surface area contributed by atoms with Crippen LogP contribution in [-0.2, 0) is 16.0 Å². The number of likely N-dealkylation sites (tertiary alicyclic amines) is 1. The van der Waals surface area contributed by atoms with Crippen molar-refractivity contribution < 1.29 is 14.3 Å². The molecule has 0 saturated carbocycles. The SMILES string of the molecule is COc1ccccc1CCC(=O)NC1CCN(C(C)=O)CC1. The summed E-state index contributed by atoms with van der Waals surface area (Å²) in [6.07, 6.45) is 2.79. The minimum Gasteiger partial charge on any atom is -0.496 e. The smallest absolute Gasteiger partial charge is 0.220 e. The van der Waals surface area contributed by atoms with Crippen LogP contribution in [0.2, 0.25) is 0 Å². The topological polar surface area (TPSA) is 58.6 Å². The molecule has 1 aromatic carbocycles. The molecule has 1 aliphatic rings. The Morgan fingerprint density at radius 2 is 1.95 bits per heavy atom. The van der Waals surface area contributed by atoms with Gasteiger partial charge >= 0.3 is 0 Å². The summed E-state index contributed by atoms with van der Waals surface area (Å²) in [5.74, 6) is 0.998. The van der Waals surface area contributed by atoms with Crippen LogP contribution in [0.1, 0.15) is 31.7 Å². The Morgan fingerprint density at radius 3 is 2.59 bits per heavy atom. The van der Waals surface area contributed by atoms with E-state index in [-0.39, 0.29) is 17.9 Å². The van der Waals surface area contributed by atoms with E-state index in [9.17, 15) is 9.59 Å². The van der Waals surface area contributed by atoms with Gasteiger partial charge in [0.2, 0.25) is 11.8 Å². The molecule has 0 bridgehead atoms. The molecule has 0 atom stereocenters. The molecule has 5 nitrogen and oxygen atoms in total. The number of para-hydroxylation sites is 1. The van der Waals surface area contributed by atoms with Crippen LogP contribution in [-0.4, -0.2) is 43.0 Å². The lowest BCUT2D eigenvalue weighted by Gasteiger charge is -2.31. The molecule has 1 saturated heterocycles. The molecule has 120 valence electrons. The van der Waals surface area contributed by atoms with E-state index < -0.39 is 0 Å². The Labute approximate surface area is 131 Å². The van der Waals surface area contributed by atoms with Crippen molar-refractivity contribution >= 4 is 11.8 Å². The van der Waals surface area contributed by atoms with E-state index in [0.717, 1.165) is 37.2 Å². The van der Waals surface area contributed by atoms with Crippen molar-refractivity contribution in [1.82, 2.24) is 10.2 Å². The third-order valence-electron chi connectivity index (χ3n) is 4.12. The fourth-order valence-corrected chi connectivity index (χ4v) is 2.80. The number of carbonyl (C=O) groups is 2. The second-order valence-electron chi connectivity index (χ2n) is 5.66. The number of hydrogen-bond acceptors (Lipinski definition) is 3. The number of hydrogen-bond donors (Lipinski definition) is 1. The minimum absolute atomic E-state index is 0.0622. The van der Waals surface area contributed by atoms with E-state index >= 15 is 0 Å². The molecule has 0 radical (unpaired) electrons. The second kappa shape index (κ2) is 7.82. The third-order valence-corrected chi connectivity index (χ3v) is 4.12. The minimum atomic E-state index is 0.0622. The highest BCUT2D eigenvalue weighted by molar-refractivity contribution is 5.77. The molecule has 1 aromatic rings. The van der Waals surface area contributed by atoms with E-state index in [1.165, 1.54) is 0 Å². The maximum Gasteiger partial charge on any atom is 0.220 e. The molecule has 2 amide bonds. The summed E-state index contributed by atoms with van der Waals surface area (Å²) < 4.78 is 5.29. The standard InChI is InChI=1S/C17H24N2O3/c1-13(20)19-11-9-15(10-12-19)18-17(21)8-7-14-5-3-4-6-16(14)22-2/h3-6,15H,7-12H2,1-2H3,(H,18,21). The van der Waals surface area contributed by atoms with Gasteiger partial charge in [0.05, 0.1) is 7.11 Å². The van der Waals surface area contributed by atoms with Crippen LogP contribution in [0.25, 0.3) is 0 Å². The zero-order valence-electron chi connectivity index (χ0n) is 13.3. The van der Waals surface area contributed by atoms with Crippen molar-refractivity contribution in [3.8, 4) is 5.75 Å².